The summed E-state index contributed by atoms with van der Waals surface area (Å²) in [6.45, 7) is 18.3. The van der Waals surface area contributed by atoms with Gasteiger partial charge in [-0.25, -0.2) is 4.79 Å². The van der Waals surface area contributed by atoms with Gasteiger partial charge in [0.2, 0.25) is 0 Å². The van der Waals surface area contributed by atoms with Crippen molar-refractivity contribution in [2.24, 2.45) is 16.7 Å². The van der Waals surface area contributed by atoms with Crippen molar-refractivity contribution in [2.75, 3.05) is 26.2 Å². The van der Waals surface area contributed by atoms with Crippen LogP contribution in [0.1, 0.15) is 53.9 Å². The SMILES string of the molecule is C=CC[N+](CC)(CC)CC(=O)O[C@H]1C[C@@H]2CC[C@@]1(C)C2(C)C. The number of rotatable bonds is 7. The summed E-state index contributed by atoms with van der Waals surface area (Å²) in [5.41, 5.74) is 0.445. The lowest BCUT2D eigenvalue weighted by molar-refractivity contribution is -0.912. The lowest BCUT2D eigenvalue weighted by Gasteiger charge is -2.39. The van der Waals surface area contributed by atoms with Gasteiger partial charge in [-0.3, -0.25) is 0 Å². The van der Waals surface area contributed by atoms with Gasteiger partial charge in [0.1, 0.15) is 6.10 Å². The van der Waals surface area contributed by atoms with Gasteiger partial charge in [-0.05, 0) is 50.5 Å². The van der Waals surface area contributed by atoms with Gasteiger partial charge in [0.05, 0.1) is 19.6 Å². The minimum Gasteiger partial charge on any atom is -0.458 e. The first kappa shape index (κ1) is 17.5. The number of carbonyl (C=O) groups is 1. The number of ether oxygens (including phenoxy) is 1. The molecule has 0 aliphatic heterocycles. The van der Waals surface area contributed by atoms with Crippen LogP contribution in [0.2, 0.25) is 0 Å². The first-order valence-corrected chi connectivity index (χ1v) is 8.90. The average Bonchev–Trinajstić information content (AvgIpc) is 2.80. The molecular weight excluding hydrogens is 274 g/mol. The zero-order valence-electron chi connectivity index (χ0n) is 15.2. The predicted octanol–water partition coefficient (Wildman–Crippen LogP) is 3.79. The predicted molar refractivity (Wildman–Crippen MR) is 90.4 cm³/mol. The van der Waals surface area contributed by atoms with Crippen molar-refractivity contribution in [3.63, 3.8) is 0 Å². The molecule has 22 heavy (non-hydrogen) atoms. The number of hydrogen-bond acceptors (Lipinski definition) is 2. The normalized spacial score (nSPS) is 33.0. The van der Waals surface area contributed by atoms with Crippen LogP contribution >= 0.6 is 0 Å². The fraction of sp³-hybridized carbons (Fsp3) is 0.842. The maximum absolute atomic E-state index is 12.6. The zero-order chi connectivity index (χ0) is 16.6. The van der Waals surface area contributed by atoms with Gasteiger partial charge in [-0.1, -0.05) is 27.4 Å². The fourth-order valence-corrected chi connectivity index (χ4v) is 4.82. The third-order valence-electron chi connectivity index (χ3n) is 7.31. The van der Waals surface area contributed by atoms with Crippen LogP contribution in [0.4, 0.5) is 0 Å². The Morgan fingerprint density at radius 3 is 2.36 bits per heavy atom. The van der Waals surface area contributed by atoms with Crippen molar-refractivity contribution in [3.05, 3.63) is 12.7 Å². The van der Waals surface area contributed by atoms with Gasteiger partial charge in [0.15, 0.2) is 6.54 Å². The number of esters is 1. The smallest absolute Gasteiger partial charge is 0.362 e. The Labute approximate surface area is 136 Å². The van der Waals surface area contributed by atoms with Crippen molar-refractivity contribution in [3.8, 4) is 0 Å². The molecule has 0 heterocycles. The fourth-order valence-electron chi connectivity index (χ4n) is 4.82. The molecule has 3 atom stereocenters. The number of likely N-dealkylation sites (N-methyl/N-ethyl adjacent to an activating group) is 1. The van der Waals surface area contributed by atoms with E-state index in [0.29, 0.717) is 17.9 Å². The second-order valence-corrected chi connectivity index (χ2v) is 8.19. The second-order valence-electron chi connectivity index (χ2n) is 8.19. The highest BCUT2D eigenvalue weighted by molar-refractivity contribution is 5.71. The third kappa shape index (κ3) is 2.62. The van der Waals surface area contributed by atoms with Crippen LogP contribution < -0.4 is 0 Å². The number of carbonyl (C=O) groups excluding carboxylic acids is 1. The summed E-state index contributed by atoms with van der Waals surface area (Å²) in [6, 6.07) is 0. The Balaban J connectivity index is 2.03. The maximum Gasteiger partial charge on any atom is 0.362 e. The van der Waals surface area contributed by atoms with E-state index in [1.165, 1.54) is 12.8 Å². The highest BCUT2D eigenvalue weighted by atomic mass is 16.5. The molecule has 3 nitrogen and oxygen atoms in total. The second kappa shape index (κ2) is 5.99. The van der Waals surface area contributed by atoms with Crippen LogP contribution in [0.3, 0.4) is 0 Å². The summed E-state index contributed by atoms with van der Waals surface area (Å²) in [6.07, 6.45) is 5.56. The maximum atomic E-state index is 12.6. The highest BCUT2D eigenvalue weighted by Gasteiger charge is 2.63. The standard InChI is InChI=1S/C19H34NO2/c1-7-12-20(8-2,9-3)14-17(21)22-16-13-15-10-11-19(16,6)18(15,4)5/h7,15-16H,1,8-14H2,2-6H3/q+1/t15-,16-,19+/m0/s1. The molecule has 0 spiro atoms. The van der Waals surface area contributed by atoms with E-state index in [2.05, 4.69) is 41.2 Å². The summed E-state index contributed by atoms with van der Waals surface area (Å²) in [4.78, 5) is 12.6. The Bertz CT molecular complexity index is 439. The van der Waals surface area contributed by atoms with Gasteiger partial charge in [0.25, 0.3) is 0 Å². The summed E-state index contributed by atoms with van der Waals surface area (Å²) in [5, 5.41) is 0. The molecule has 2 aliphatic carbocycles. The number of fused-ring (bicyclic) bond motifs is 2. The molecule has 126 valence electrons. The minimum absolute atomic E-state index is 0.0277. The van der Waals surface area contributed by atoms with Crippen molar-refractivity contribution in [1.29, 1.82) is 0 Å². The molecule has 0 aromatic heterocycles. The van der Waals surface area contributed by atoms with Crippen LogP contribution in [-0.2, 0) is 9.53 Å². The van der Waals surface area contributed by atoms with Crippen LogP contribution in [0, 0.1) is 16.7 Å². The van der Waals surface area contributed by atoms with Gasteiger partial charge >= 0.3 is 5.97 Å². The number of quaternary nitrogens is 1. The molecule has 0 radical (unpaired) electrons. The first-order valence-electron chi connectivity index (χ1n) is 8.90. The van der Waals surface area contributed by atoms with E-state index < -0.39 is 0 Å². The molecule has 0 saturated heterocycles. The Hall–Kier alpha value is -0.830. The van der Waals surface area contributed by atoms with Crippen molar-refractivity contribution < 1.29 is 14.0 Å². The van der Waals surface area contributed by atoms with Gasteiger partial charge in [0, 0.05) is 5.41 Å². The van der Waals surface area contributed by atoms with Crippen molar-refractivity contribution in [1.82, 2.24) is 0 Å². The molecule has 0 unspecified atom stereocenters. The van der Waals surface area contributed by atoms with Crippen LogP contribution in [0.5, 0.6) is 0 Å². The van der Waals surface area contributed by atoms with Crippen molar-refractivity contribution >= 4 is 5.97 Å². The zero-order valence-corrected chi connectivity index (χ0v) is 15.2. The molecule has 2 aliphatic rings. The third-order valence-corrected chi connectivity index (χ3v) is 7.31. The average molecular weight is 308 g/mol. The molecule has 0 amide bonds. The molecule has 0 N–H and O–H groups in total. The summed E-state index contributed by atoms with van der Waals surface area (Å²) in [5.74, 6) is 0.681. The Kier molecular flexibility index (Phi) is 4.77. The Morgan fingerprint density at radius 1 is 1.32 bits per heavy atom. The molecule has 2 rings (SSSR count). The monoisotopic (exact) mass is 308 g/mol. The van der Waals surface area contributed by atoms with Crippen LogP contribution in [0.25, 0.3) is 0 Å². The van der Waals surface area contributed by atoms with Gasteiger partial charge < -0.3 is 9.22 Å². The highest BCUT2D eigenvalue weighted by Crippen LogP contribution is 2.66. The van der Waals surface area contributed by atoms with Gasteiger partial charge in [-0.2, -0.15) is 0 Å². The van der Waals surface area contributed by atoms with Crippen molar-refractivity contribution in [2.45, 2.75) is 60.0 Å². The Morgan fingerprint density at radius 2 is 1.95 bits per heavy atom. The topological polar surface area (TPSA) is 26.3 Å². The van der Waals surface area contributed by atoms with Crippen LogP contribution in [0.15, 0.2) is 12.7 Å². The molecule has 0 aromatic rings. The molecule has 3 heteroatoms. The first-order chi connectivity index (χ1) is 10.2. The van der Waals surface area contributed by atoms with E-state index in [0.717, 1.165) is 30.5 Å². The summed E-state index contributed by atoms with van der Waals surface area (Å²) in [7, 11) is 0. The molecule has 2 bridgehead atoms. The molecule has 2 fully saturated rings. The van der Waals surface area contributed by atoms with E-state index in [1.54, 1.807) is 0 Å². The quantitative estimate of drug-likeness (QED) is 0.406. The van der Waals surface area contributed by atoms with E-state index in [1.807, 2.05) is 6.08 Å². The largest absolute Gasteiger partial charge is 0.458 e. The van der Waals surface area contributed by atoms with E-state index in [-0.39, 0.29) is 17.5 Å². The number of nitrogens with zero attached hydrogens (tertiary/aromatic N) is 1. The number of hydrogen-bond donors (Lipinski definition) is 0. The van der Waals surface area contributed by atoms with E-state index >= 15 is 0 Å². The summed E-state index contributed by atoms with van der Waals surface area (Å²) < 4.78 is 6.75. The van der Waals surface area contributed by atoms with E-state index in [4.69, 9.17) is 4.74 Å². The van der Waals surface area contributed by atoms with Gasteiger partial charge in [-0.15, -0.1) is 0 Å². The summed E-state index contributed by atoms with van der Waals surface area (Å²) >= 11 is 0. The minimum atomic E-state index is -0.0277. The molecule has 2 saturated carbocycles. The lowest BCUT2D eigenvalue weighted by atomic mass is 9.70. The molecular formula is C19H34NO2+. The lowest BCUT2D eigenvalue weighted by Crippen LogP contribution is -2.52. The van der Waals surface area contributed by atoms with E-state index in [9.17, 15) is 4.79 Å². The molecule has 0 aromatic carbocycles. The van der Waals surface area contributed by atoms with Crippen LogP contribution in [-0.4, -0.2) is 42.7 Å².